The average molecular weight is 272 g/mol. The second-order valence-electron chi connectivity index (χ2n) is 4.58. The van der Waals surface area contributed by atoms with Crippen LogP contribution in [0.5, 0.6) is 0 Å². The predicted molar refractivity (Wildman–Crippen MR) is 77.4 cm³/mol. The summed E-state index contributed by atoms with van der Waals surface area (Å²) in [5, 5.41) is 3.06. The van der Waals surface area contributed by atoms with Gasteiger partial charge in [-0.2, -0.15) is 4.99 Å². The number of benzene rings is 1. The second-order valence-corrected chi connectivity index (χ2v) is 4.58. The van der Waals surface area contributed by atoms with Crippen molar-refractivity contribution in [3.8, 4) is 0 Å². The van der Waals surface area contributed by atoms with Gasteiger partial charge in [0.05, 0.1) is 6.34 Å². The lowest BCUT2D eigenvalue weighted by molar-refractivity contribution is 0.272. The first kappa shape index (κ1) is 12.6. The highest BCUT2D eigenvalue weighted by molar-refractivity contribution is 5.99. The number of nitrogens with two attached hydrogens (primary N) is 2. The summed E-state index contributed by atoms with van der Waals surface area (Å²) in [6.45, 7) is 0.952. The number of nitrogens with one attached hydrogen (secondary N) is 1. The van der Waals surface area contributed by atoms with E-state index in [2.05, 4.69) is 20.3 Å². The van der Waals surface area contributed by atoms with Gasteiger partial charge in [-0.3, -0.25) is 0 Å². The zero-order valence-electron chi connectivity index (χ0n) is 10.9. The van der Waals surface area contributed by atoms with E-state index in [1.165, 1.54) is 0 Å². The smallest absolute Gasteiger partial charge is 0.220 e. The van der Waals surface area contributed by atoms with E-state index in [9.17, 15) is 0 Å². The first-order valence-electron chi connectivity index (χ1n) is 6.36. The van der Waals surface area contributed by atoms with E-state index < -0.39 is 0 Å². The molecule has 7 nitrogen and oxygen atoms in total. The normalized spacial score (nSPS) is 23.6. The van der Waals surface area contributed by atoms with Gasteiger partial charge in [-0.1, -0.05) is 24.3 Å². The molecule has 0 amide bonds. The molecule has 104 valence electrons. The maximum absolute atomic E-state index is 5.74. The van der Waals surface area contributed by atoms with Crippen LogP contribution >= 0.6 is 0 Å². The van der Waals surface area contributed by atoms with E-state index in [-0.39, 0.29) is 18.2 Å². The van der Waals surface area contributed by atoms with E-state index in [0.717, 1.165) is 11.1 Å². The minimum atomic E-state index is -0.276. The van der Waals surface area contributed by atoms with Crippen LogP contribution in [-0.2, 0) is 17.9 Å². The van der Waals surface area contributed by atoms with Crippen molar-refractivity contribution in [3.63, 3.8) is 0 Å². The highest BCUT2D eigenvalue weighted by Crippen LogP contribution is 2.14. The van der Waals surface area contributed by atoms with Gasteiger partial charge in [0.2, 0.25) is 11.9 Å². The van der Waals surface area contributed by atoms with E-state index >= 15 is 0 Å². The molecule has 0 saturated heterocycles. The van der Waals surface area contributed by atoms with Crippen LogP contribution in [0.15, 0.2) is 39.2 Å². The van der Waals surface area contributed by atoms with Crippen molar-refractivity contribution < 1.29 is 4.74 Å². The molecule has 3 rings (SSSR count). The van der Waals surface area contributed by atoms with Gasteiger partial charge in [-0.25, -0.2) is 9.98 Å². The molecule has 0 saturated carbocycles. The van der Waals surface area contributed by atoms with Crippen LogP contribution in [-0.4, -0.2) is 30.4 Å². The number of fused-ring (bicyclic) bond motifs is 1. The molecular formula is C13H16N6O. The van der Waals surface area contributed by atoms with Gasteiger partial charge in [0, 0.05) is 6.54 Å². The summed E-state index contributed by atoms with van der Waals surface area (Å²) in [4.78, 5) is 12.4. The third kappa shape index (κ3) is 2.48. The molecule has 2 aliphatic rings. The van der Waals surface area contributed by atoms with Crippen molar-refractivity contribution in [3.05, 3.63) is 35.4 Å². The third-order valence-electron chi connectivity index (χ3n) is 3.18. The molecule has 7 heteroatoms. The van der Waals surface area contributed by atoms with Gasteiger partial charge < -0.3 is 21.5 Å². The van der Waals surface area contributed by atoms with Crippen LogP contribution in [0.2, 0.25) is 0 Å². The van der Waals surface area contributed by atoms with Crippen molar-refractivity contribution in [1.82, 2.24) is 5.32 Å². The number of hydrogen-bond acceptors (Lipinski definition) is 7. The van der Waals surface area contributed by atoms with Gasteiger partial charge in [0.25, 0.3) is 0 Å². The van der Waals surface area contributed by atoms with E-state index in [4.69, 9.17) is 16.2 Å². The largest absolute Gasteiger partial charge is 0.474 e. The molecule has 5 N–H and O–H groups in total. The average Bonchev–Trinajstić information content (AvgIpc) is 2.93. The van der Waals surface area contributed by atoms with Gasteiger partial charge in [-0.05, 0) is 11.1 Å². The van der Waals surface area contributed by atoms with Crippen LogP contribution in [0.25, 0.3) is 0 Å². The van der Waals surface area contributed by atoms with Gasteiger partial charge in [-0.15, -0.1) is 0 Å². The molecule has 2 unspecified atom stereocenters. The van der Waals surface area contributed by atoms with Crippen molar-refractivity contribution in [2.24, 2.45) is 26.4 Å². The Morgan fingerprint density at radius 1 is 1.20 bits per heavy atom. The molecule has 2 heterocycles. The van der Waals surface area contributed by atoms with Crippen LogP contribution in [0.1, 0.15) is 11.1 Å². The van der Waals surface area contributed by atoms with E-state index in [0.29, 0.717) is 19.0 Å². The Morgan fingerprint density at radius 2 is 1.95 bits per heavy atom. The summed E-state index contributed by atoms with van der Waals surface area (Å²) in [6.07, 6.45) is 1.33. The summed E-state index contributed by atoms with van der Waals surface area (Å²) < 4.78 is 5.74. The Hall–Kier alpha value is -2.41. The summed E-state index contributed by atoms with van der Waals surface area (Å²) in [7, 11) is 0. The SMILES string of the molecule is NCc1ccc(COC2=NC(N)=NC3N=CNC23)cc1. The summed E-state index contributed by atoms with van der Waals surface area (Å²) in [5.41, 5.74) is 13.4. The lowest BCUT2D eigenvalue weighted by Crippen LogP contribution is -2.44. The topological polar surface area (TPSA) is 110 Å². The van der Waals surface area contributed by atoms with Crippen molar-refractivity contribution in [2.45, 2.75) is 25.4 Å². The van der Waals surface area contributed by atoms with Gasteiger partial charge in [0.1, 0.15) is 12.6 Å². The molecule has 0 radical (unpaired) electrons. The first-order chi connectivity index (χ1) is 9.76. The molecule has 0 aromatic heterocycles. The lowest BCUT2D eigenvalue weighted by atomic mass is 10.1. The summed E-state index contributed by atoms with van der Waals surface area (Å²) in [6, 6.07) is 7.78. The van der Waals surface area contributed by atoms with E-state index in [1.54, 1.807) is 6.34 Å². The first-order valence-corrected chi connectivity index (χ1v) is 6.36. The lowest BCUT2D eigenvalue weighted by Gasteiger charge is -2.21. The Balaban J connectivity index is 1.66. The van der Waals surface area contributed by atoms with Crippen LogP contribution in [0.4, 0.5) is 0 Å². The molecule has 0 spiro atoms. The standard InChI is InChI=1S/C13H16N6O/c14-5-8-1-3-9(4-2-8)6-20-12-10-11(17-7-16-10)18-13(15)19-12/h1-4,7,10-11H,5-6,14H2,(H2,15,18)(H,16,17). The molecule has 2 aliphatic heterocycles. The van der Waals surface area contributed by atoms with Crippen molar-refractivity contribution >= 4 is 18.2 Å². The quantitative estimate of drug-likeness (QED) is 0.702. The number of guanidine groups is 1. The maximum atomic E-state index is 5.74. The number of rotatable bonds is 3. The Kier molecular flexibility index (Phi) is 3.34. The molecule has 1 aromatic carbocycles. The maximum Gasteiger partial charge on any atom is 0.220 e. The van der Waals surface area contributed by atoms with Crippen LogP contribution in [0, 0.1) is 0 Å². The van der Waals surface area contributed by atoms with Crippen LogP contribution in [0.3, 0.4) is 0 Å². The zero-order chi connectivity index (χ0) is 13.9. The number of ether oxygens (including phenoxy) is 1. The molecule has 0 fully saturated rings. The Bertz CT molecular complexity index is 577. The minimum absolute atomic E-state index is 0.161. The van der Waals surface area contributed by atoms with Crippen molar-refractivity contribution in [2.75, 3.05) is 0 Å². The number of hydrogen-bond donors (Lipinski definition) is 3. The van der Waals surface area contributed by atoms with Crippen LogP contribution < -0.4 is 16.8 Å². The fourth-order valence-corrected chi connectivity index (χ4v) is 2.08. The fourth-order valence-electron chi connectivity index (χ4n) is 2.08. The molecule has 20 heavy (non-hydrogen) atoms. The summed E-state index contributed by atoms with van der Waals surface area (Å²) >= 11 is 0. The fraction of sp³-hybridized carbons (Fsp3) is 0.308. The van der Waals surface area contributed by atoms with Gasteiger partial charge >= 0.3 is 0 Å². The molecule has 0 bridgehead atoms. The second kappa shape index (κ2) is 5.30. The monoisotopic (exact) mass is 272 g/mol. The Labute approximate surface area is 116 Å². The molecule has 1 aromatic rings. The van der Waals surface area contributed by atoms with E-state index in [1.807, 2.05) is 24.3 Å². The number of aliphatic imine (C=N–C) groups is 3. The molecule has 0 aliphatic carbocycles. The highest BCUT2D eigenvalue weighted by atomic mass is 16.5. The number of nitrogens with zero attached hydrogens (tertiary/aromatic N) is 3. The minimum Gasteiger partial charge on any atom is -0.474 e. The molecule has 2 atom stereocenters. The van der Waals surface area contributed by atoms with Crippen molar-refractivity contribution in [1.29, 1.82) is 0 Å². The van der Waals surface area contributed by atoms with Gasteiger partial charge in [0.15, 0.2) is 6.17 Å². The highest BCUT2D eigenvalue weighted by Gasteiger charge is 2.33. The predicted octanol–water partition coefficient (Wildman–Crippen LogP) is -0.285. The zero-order valence-corrected chi connectivity index (χ0v) is 10.9. The summed E-state index contributed by atoms with van der Waals surface area (Å²) in [5.74, 6) is 0.712. The molecular weight excluding hydrogens is 256 g/mol. The Morgan fingerprint density at radius 3 is 2.70 bits per heavy atom. The third-order valence-corrected chi connectivity index (χ3v) is 3.18.